The first-order valence-corrected chi connectivity index (χ1v) is 9.20. The van der Waals surface area contributed by atoms with Gasteiger partial charge in [-0.2, -0.15) is 11.3 Å². The van der Waals surface area contributed by atoms with E-state index in [-0.39, 0.29) is 5.82 Å². The predicted octanol–water partition coefficient (Wildman–Crippen LogP) is 3.75. The number of benzene rings is 1. The van der Waals surface area contributed by atoms with Crippen molar-refractivity contribution in [3.8, 4) is 0 Å². The van der Waals surface area contributed by atoms with E-state index in [0.29, 0.717) is 17.9 Å². The molecule has 140 valence electrons. The summed E-state index contributed by atoms with van der Waals surface area (Å²) in [6, 6.07) is 6.61. The van der Waals surface area contributed by atoms with Crippen molar-refractivity contribution >= 4 is 17.2 Å². The molecule has 2 aromatic heterocycles. The van der Waals surface area contributed by atoms with Gasteiger partial charge in [0.2, 0.25) is 0 Å². The summed E-state index contributed by atoms with van der Waals surface area (Å²) in [5, 5.41) is 11.2. The van der Waals surface area contributed by atoms with Crippen molar-refractivity contribution in [1.82, 2.24) is 19.7 Å². The molecule has 3 heterocycles. The average Bonchev–Trinajstić information content (AvgIpc) is 3.36. The van der Waals surface area contributed by atoms with Crippen molar-refractivity contribution < 1.29 is 18.0 Å². The molecule has 0 radical (unpaired) electrons. The number of carbonyl (C=O) groups is 1. The minimum Gasteiger partial charge on any atom is -0.322 e. The Morgan fingerprint density at radius 3 is 2.74 bits per heavy atom. The number of nitrogens with zero attached hydrogens (tertiary/aromatic N) is 4. The van der Waals surface area contributed by atoms with Crippen molar-refractivity contribution in [1.29, 1.82) is 0 Å². The largest absolute Gasteiger partial charge is 0.322 e. The lowest BCUT2D eigenvalue weighted by Gasteiger charge is -2.23. The highest BCUT2D eigenvalue weighted by Crippen LogP contribution is 2.41. The molecule has 1 atom stereocenters. The minimum atomic E-state index is -3.00. The van der Waals surface area contributed by atoms with Gasteiger partial charge in [-0.05, 0) is 29.1 Å². The third-order valence-electron chi connectivity index (χ3n) is 4.51. The number of halogens is 3. The van der Waals surface area contributed by atoms with Crippen LogP contribution >= 0.6 is 11.3 Å². The summed E-state index contributed by atoms with van der Waals surface area (Å²) in [7, 11) is 0. The maximum absolute atomic E-state index is 14.2. The lowest BCUT2D eigenvalue weighted by molar-refractivity contribution is 0.0117. The molecular weight excluding hydrogens is 377 g/mol. The van der Waals surface area contributed by atoms with Gasteiger partial charge in [-0.15, -0.1) is 10.2 Å². The van der Waals surface area contributed by atoms with Crippen molar-refractivity contribution in [3.63, 3.8) is 0 Å². The van der Waals surface area contributed by atoms with E-state index in [1.54, 1.807) is 33.5 Å². The molecule has 0 bridgehead atoms. The lowest BCUT2D eigenvalue weighted by atomic mass is 10.1. The molecule has 0 N–H and O–H groups in total. The smallest absolute Gasteiger partial charge is 0.267 e. The Bertz CT molecular complexity index is 940. The number of carbonyl (C=O) groups excluding carboxylic acids is 1. The zero-order chi connectivity index (χ0) is 19.0. The number of alkyl halides is 2. The molecule has 1 aromatic carbocycles. The first-order chi connectivity index (χ1) is 12.9. The van der Waals surface area contributed by atoms with E-state index in [1.165, 1.54) is 29.8 Å². The maximum atomic E-state index is 14.2. The van der Waals surface area contributed by atoms with Crippen molar-refractivity contribution in [3.05, 3.63) is 70.2 Å². The van der Waals surface area contributed by atoms with Gasteiger partial charge in [-0.3, -0.25) is 4.79 Å². The van der Waals surface area contributed by atoms with Gasteiger partial charge in [-0.25, -0.2) is 13.2 Å². The van der Waals surface area contributed by atoms with Crippen LogP contribution < -0.4 is 0 Å². The summed E-state index contributed by atoms with van der Waals surface area (Å²) in [5.41, 5.74) is 1.16. The summed E-state index contributed by atoms with van der Waals surface area (Å²) < 4.78 is 43.0. The standard InChI is InChI=1S/C18H15F3N4OS/c19-14-3-1-12(2-4-14)8-24-11-22-23-16(24)15-7-18(20,21)10-25(15)17(26)13-5-6-27-9-13/h1-6,9,11,15H,7-8,10H2/t15-/m0/s1. The van der Waals surface area contributed by atoms with E-state index in [2.05, 4.69) is 10.2 Å². The fourth-order valence-electron chi connectivity index (χ4n) is 3.24. The molecule has 1 fully saturated rings. The van der Waals surface area contributed by atoms with Gasteiger partial charge in [-0.1, -0.05) is 12.1 Å². The number of likely N-dealkylation sites (tertiary alicyclic amines) is 1. The van der Waals surface area contributed by atoms with Crippen molar-refractivity contribution in [2.45, 2.75) is 24.9 Å². The number of hydrogen-bond donors (Lipinski definition) is 0. The summed E-state index contributed by atoms with van der Waals surface area (Å²) in [4.78, 5) is 13.9. The zero-order valence-corrected chi connectivity index (χ0v) is 14.9. The lowest BCUT2D eigenvalue weighted by Crippen LogP contribution is -2.33. The van der Waals surface area contributed by atoms with Gasteiger partial charge in [0.05, 0.1) is 24.7 Å². The monoisotopic (exact) mass is 392 g/mol. The number of amides is 1. The summed E-state index contributed by atoms with van der Waals surface area (Å²) in [6.45, 7) is -0.360. The number of aromatic nitrogens is 3. The quantitative estimate of drug-likeness (QED) is 0.680. The van der Waals surface area contributed by atoms with Crippen LogP contribution in [0.2, 0.25) is 0 Å². The van der Waals surface area contributed by atoms with Crippen LogP contribution in [-0.2, 0) is 6.54 Å². The number of rotatable bonds is 4. The Kier molecular flexibility index (Phi) is 4.47. The molecule has 4 rings (SSSR count). The van der Waals surface area contributed by atoms with Crippen LogP contribution in [0.5, 0.6) is 0 Å². The van der Waals surface area contributed by atoms with Crippen LogP contribution in [0.1, 0.15) is 34.2 Å². The highest BCUT2D eigenvalue weighted by Gasteiger charge is 2.49. The normalized spacial score (nSPS) is 18.8. The molecule has 0 unspecified atom stereocenters. The van der Waals surface area contributed by atoms with E-state index >= 15 is 0 Å². The van der Waals surface area contributed by atoms with Crippen LogP contribution in [0.4, 0.5) is 13.2 Å². The fourth-order valence-corrected chi connectivity index (χ4v) is 3.87. The van der Waals surface area contributed by atoms with Crippen LogP contribution in [0.3, 0.4) is 0 Å². The fraction of sp³-hybridized carbons (Fsp3) is 0.278. The summed E-state index contributed by atoms with van der Waals surface area (Å²) in [5.74, 6) is -3.51. The molecule has 1 aliphatic rings. The second kappa shape index (κ2) is 6.80. The van der Waals surface area contributed by atoms with Crippen LogP contribution in [-0.4, -0.2) is 38.0 Å². The molecule has 0 aliphatic carbocycles. The molecule has 3 aromatic rings. The Balaban J connectivity index is 1.64. The van der Waals surface area contributed by atoms with Gasteiger partial charge in [0.15, 0.2) is 5.82 Å². The van der Waals surface area contributed by atoms with Crippen LogP contribution in [0.15, 0.2) is 47.4 Å². The Morgan fingerprint density at radius 2 is 2.04 bits per heavy atom. The van der Waals surface area contributed by atoms with E-state index in [1.807, 2.05) is 0 Å². The van der Waals surface area contributed by atoms with Crippen molar-refractivity contribution in [2.75, 3.05) is 6.54 Å². The second-order valence-electron chi connectivity index (χ2n) is 6.46. The molecule has 5 nitrogen and oxygen atoms in total. The molecule has 1 amide bonds. The molecule has 1 aliphatic heterocycles. The molecule has 27 heavy (non-hydrogen) atoms. The third-order valence-corrected chi connectivity index (χ3v) is 5.19. The molecule has 0 spiro atoms. The predicted molar refractivity (Wildman–Crippen MR) is 93.2 cm³/mol. The topological polar surface area (TPSA) is 51.0 Å². The average molecular weight is 392 g/mol. The van der Waals surface area contributed by atoms with E-state index < -0.39 is 30.8 Å². The minimum absolute atomic E-state index is 0.292. The molecule has 0 saturated carbocycles. The van der Waals surface area contributed by atoms with E-state index in [9.17, 15) is 18.0 Å². The van der Waals surface area contributed by atoms with Gasteiger partial charge < -0.3 is 9.47 Å². The van der Waals surface area contributed by atoms with E-state index in [0.717, 1.165) is 10.5 Å². The Labute approximate surface area is 157 Å². The van der Waals surface area contributed by atoms with Gasteiger partial charge in [0.1, 0.15) is 12.1 Å². The van der Waals surface area contributed by atoms with E-state index in [4.69, 9.17) is 0 Å². The first-order valence-electron chi connectivity index (χ1n) is 8.26. The third kappa shape index (κ3) is 3.59. The first kappa shape index (κ1) is 17.7. The summed E-state index contributed by atoms with van der Waals surface area (Å²) in [6.07, 6.45) is 0.924. The summed E-state index contributed by atoms with van der Waals surface area (Å²) >= 11 is 1.33. The van der Waals surface area contributed by atoms with Gasteiger partial charge in [0, 0.05) is 11.8 Å². The Hall–Kier alpha value is -2.68. The van der Waals surface area contributed by atoms with Crippen LogP contribution in [0.25, 0.3) is 0 Å². The highest BCUT2D eigenvalue weighted by molar-refractivity contribution is 7.08. The molecule has 9 heteroatoms. The number of hydrogen-bond acceptors (Lipinski definition) is 4. The van der Waals surface area contributed by atoms with Gasteiger partial charge in [0.25, 0.3) is 11.8 Å². The van der Waals surface area contributed by atoms with Crippen molar-refractivity contribution in [2.24, 2.45) is 0 Å². The molecular formula is C18H15F3N4OS. The number of thiophene rings is 1. The molecule has 1 saturated heterocycles. The van der Waals surface area contributed by atoms with Crippen LogP contribution in [0, 0.1) is 5.82 Å². The van der Waals surface area contributed by atoms with Gasteiger partial charge >= 0.3 is 0 Å². The maximum Gasteiger partial charge on any atom is 0.267 e. The Morgan fingerprint density at radius 1 is 1.26 bits per heavy atom. The second-order valence-corrected chi connectivity index (χ2v) is 7.24. The SMILES string of the molecule is O=C(c1ccsc1)N1CC(F)(F)C[C@H]1c1nncn1Cc1ccc(F)cc1. The zero-order valence-electron chi connectivity index (χ0n) is 14.1. The highest BCUT2D eigenvalue weighted by atomic mass is 32.1.